The molecule has 3 atom stereocenters. The van der Waals surface area contributed by atoms with Gasteiger partial charge < -0.3 is 10.1 Å². The largest absolute Gasteiger partial charge is 0.497 e. The standard InChI is InChI=1S/C19H28N4O6S/c1-3-20-18(24)12-22-9-8-13-10-16(19(25)21-26)23(17(13)11-22)30(27,28)15-6-4-14(29-2)5-7-15/h4-7,13,16-17,26H,3,8-12H2,1-2H3,(H,20,24)(H,21,25)/t13-,16-,17-/m0/s1. The van der Waals surface area contributed by atoms with E-state index in [2.05, 4.69) is 5.32 Å². The maximum atomic E-state index is 13.5. The van der Waals surface area contributed by atoms with Crippen LogP contribution in [0.15, 0.2) is 29.2 Å². The molecule has 0 aliphatic carbocycles. The molecule has 1 aromatic rings. The first kappa shape index (κ1) is 22.5. The van der Waals surface area contributed by atoms with Gasteiger partial charge in [0.15, 0.2) is 0 Å². The molecule has 0 radical (unpaired) electrons. The summed E-state index contributed by atoms with van der Waals surface area (Å²) >= 11 is 0. The summed E-state index contributed by atoms with van der Waals surface area (Å²) in [6.45, 7) is 3.51. The lowest BCUT2D eigenvalue weighted by Crippen LogP contribution is -2.54. The Morgan fingerprint density at radius 1 is 1.27 bits per heavy atom. The van der Waals surface area contributed by atoms with Crippen molar-refractivity contribution in [1.82, 2.24) is 20.0 Å². The molecule has 2 saturated heterocycles. The number of benzene rings is 1. The van der Waals surface area contributed by atoms with Gasteiger partial charge in [-0.25, -0.2) is 13.9 Å². The van der Waals surface area contributed by atoms with Crippen molar-refractivity contribution in [3.8, 4) is 5.75 Å². The normalized spacial score (nSPS) is 24.8. The zero-order valence-electron chi connectivity index (χ0n) is 17.1. The molecule has 0 saturated carbocycles. The first-order valence-electron chi connectivity index (χ1n) is 9.92. The number of amides is 2. The molecule has 30 heavy (non-hydrogen) atoms. The molecule has 2 fully saturated rings. The number of hydroxylamine groups is 1. The van der Waals surface area contributed by atoms with Gasteiger partial charge in [-0.15, -0.1) is 0 Å². The van der Waals surface area contributed by atoms with Gasteiger partial charge in [-0.2, -0.15) is 4.31 Å². The van der Waals surface area contributed by atoms with Gasteiger partial charge in [0.05, 0.1) is 18.6 Å². The number of likely N-dealkylation sites (N-methyl/N-ethyl adjacent to an activating group) is 1. The minimum Gasteiger partial charge on any atom is -0.497 e. The smallest absolute Gasteiger partial charge is 0.261 e. The minimum absolute atomic E-state index is 0.0363. The molecule has 3 rings (SSSR count). The number of methoxy groups -OCH3 is 1. The quantitative estimate of drug-likeness (QED) is 0.395. The number of hydrogen-bond acceptors (Lipinski definition) is 7. The predicted molar refractivity (Wildman–Crippen MR) is 107 cm³/mol. The molecule has 10 nitrogen and oxygen atoms in total. The summed E-state index contributed by atoms with van der Waals surface area (Å²) in [4.78, 5) is 26.3. The highest BCUT2D eigenvalue weighted by Crippen LogP contribution is 2.39. The van der Waals surface area contributed by atoms with E-state index < -0.39 is 28.0 Å². The number of hydrogen-bond donors (Lipinski definition) is 3. The van der Waals surface area contributed by atoms with Crippen molar-refractivity contribution in [3.63, 3.8) is 0 Å². The Morgan fingerprint density at radius 3 is 2.57 bits per heavy atom. The van der Waals surface area contributed by atoms with Gasteiger partial charge in [-0.05, 0) is 56.5 Å². The summed E-state index contributed by atoms with van der Waals surface area (Å²) in [6.07, 6.45) is 0.982. The topological polar surface area (TPSA) is 128 Å². The number of sulfonamides is 1. The number of likely N-dealkylation sites (tertiary alicyclic amines) is 1. The van der Waals surface area contributed by atoms with Gasteiger partial charge in [-0.3, -0.25) is 19.7 Å². The van der Waals surface area contributed by atoms with Crippen molar-refractivity contribution in [3.05, 3.63) is 24.3 Å². The van der Waals surface area contributed by atoms with Gasteiger partial charge in [0.25, 0.3) is 5.91 Å². The van der Waals surface area contributed by atoms with Gasteiger partial charge >= 0.3 is 0 Å². The van der Waals surface area contributed by atoms with E-state index in [-0.39, 0.29) is 23.3 Å². The van der Waals surface area contributed by atoms with Crippen LogP contribution in [0.3, 0.4) is 0 Å². The molecule has 2 aliphatic heterocycles. The van der Waals surface area contributed by atoms with Crippen molar-refractivity contribution < 1.29 is 28.0 Å². The zero-order valence-corrected chi connectivity index (χ0v) is 17.9. The lowest BCUT2D eigenvalue weighted by molar-refractivity contribution is -0.132. The minimum atomic E-state index is -4.02. The van der Waals surface area contributed by atoms with Crippen molar-refractivity contribution in [2.45, 2.75) is 36.7 Å². The lowest BCUT2D eigenvalue weighted by Gasteiger charge is -2.38. The van der Waals surface area contributed by atoms with Crippen LogP contribution < -0.4 is 15.5 Å². The number of carbonyl (C=O) groups is 2. The van der Waals surface area contributed by atoms with Crippen LogP contribution in [0.5, 0.6) is 5.75 Å². The molecule has 3 N–H and O–H groups in total. The Morgan fingerprint density at radius 2 is 1.97 bits per heavy atom. The van der Waals surface area contributed by atoms with E-state index in [0.29, 0.717) is 38.2 Å². The van der Waals surface area contributed by atoms with E-state index in [1.54, 1.807) is 17.6 Å². The van der Waals surface area contributed by atoms with Crippen LogP contribution in [-0.2, 0) is 19.6 Å². The fourth-order valence-electron chi connectivity index (χ4n) is 4.34. The molecule has 2 aliphatic rings. The molecular formula is C19H28N4O6S. The Kier molecular flexibility index (Phi) is 6.96. The Labute approximate surface area is 176 Å². The lowest BCUT2D eigenvalue weighted by atomic mass is 9.91. The SMILES string of the molecule is CCNC(=O)CN1CC[C@H]2C[C@@H](C(=O)NO)N(S(=O)(=O)c3ccc(OC)cc3)[C@H]2C1. The summed E-state index contributed by atoms with van der Waals surface area (Å²) in [5.41, 5.74) is 1.61. The summed E-state index contributed by atoms with van der Waals surface area (Å²) < 4.78 is 33.2. The average Bonchev–Trinajstić information content (AvgIpc) is 3.13. The Bertz CT molecular complexity index is 876. The monoisotopic (exact) mass is 440 g/mol. The second kappa shape index (κ2) is 9.29. The highest BCUT2D eigenvalue weighted by molar-refractivity contribution is 7.89. The molecule has 1 aromatic carbocycles. The summed E-state index contributed by atoms with van der Waals surface area (Å²) in [5, 5.41) is 11.9. The number of piperidine rings is 1. The first-order chi connectivity index (χ1) is 14.3. The van der Waals surface area contributed by atoms with Gasteiger partial charge in [0.1, 0.15) is 11.8 Å². The second-order valence-electron chi connectivity index (χ2n) is 7.54. The highest BCUT2D eigenvalue weighted by Gasteiger charge is 2.52. The van der Waals surface area contributed by atoms with Gasteiger partial charge in [0.2, 0.25) is 15.9 Å². The van der Waals surface area contributed by atoms with Crippen LogP contribution >= 0.6 is 0 Å². The number of fused-ring (bicyclic) bond motifs is 1. The molecule has 2 amide bonds. The molecule has 166 valence electrons. The van der Waals surface area contributed by atoms with Gasteiger partial charge in [0, 0.05) is 19.1 Å². The molecule has 2 heterocycles. The van der Waals surface area contributed by atoms with Crippen LogP contribution in [0.4, 0.5) is 0 Å². The van der Waals surface area contributed by atoms with E-state index in [1.807, 2.05) is 11.8 Å². The van der Waals surface area contributed by atoms with Crippen molar-refractivity contribution in [1.29, 1.82) is 0 Å². The zero-order chi connectivity index (χ0) is 21.9. The van der Waals surface area contributed by atoms with Crippen LogP contribution in [-0.4, -0.2) is 80.0 Å². The fourth-order valence-corrected chi connectivity index (χ4v) is 6.18. The van der Waals surface area contributed by atoms with E-state index in [0.717, 1.165) is 0 Å². The van der Waals surface area contributed by atoms with E-state index in [1.165, 1.54) is 23.5 Å². The third kappa shape index (κ3) is 4.43. The van der Waals surface area contributed by atoms with Crippen LogP contribution in [0.1, 0.15) is 19.8 Å². The molecule has 11 heteroatoms. The summed E-state index contributed by atoms with van der Waals surface area (Å²) in [5.74, 6) is -0.394. The fraction of sp³-hybridized carbons (Fsp3) is 0.579. The average molecular weight is 441 g/mol. The van der Waals surface area contributed by atoms with Gasteiger partial charge in [-0.1, -0.05) is 0 Å². The summed E-state index contributed by atoms with van der Waals surface area (Å²) in [7, 11) is -2.53. The summed E-state index contributed by atoms with van der Waals surface area (Å²) in [6, 6.07) is 4.48. The number of carbonyl (C=O) groups excluding carboxylic acids is 2. The molecule has 0 bridgehead atoms. The number of ether oxygens (including phenoxy) is 1. The highest BCUT2D eigenvalue weighted by atomic mass is 32.2. The third-order valence-electron chi connectivity index (χ3n) is 5.75. The molecule has 0 spiro atoms. The molecule has 0 unspecified atom stereocenters. The third-order valence-corrected chi connectivity index (χ3v) is 7.70. The predicted octanol–water partition coefficient (Wildman–Crippen LogP) is -0.210. The second-order valence-corrected chi connectivity index (χ2v) is 9.39. The Hall–Kier alpha value is -2.21. The van der Waals surface area contributed by atoms with Crippen LogP contribution in [0.25, 0.3) is 0 Å². The van der Waals surface area contributed by atoms with E-state index in [9.17, 15) is 23.2 Å². The maximum Gasteiger partial charge on any atom is 0.261 e. The first-order valence-corrected chi connectivity index (χ1v) is 11.4. The van der Waals surface area contributed by atoms with Crippen LogP contribution in [0.2, 0.25) is 0 Å². The molecule has 0 aromatic heterocycles. The van der Waals surface area contributed by atoms with E-state index >= 15 is 0 Å². The molecular weight excluding hydrogens is 412 g/mol. The van der Waals surface area contributed by atoms with Crippen molar-refractivity contribution >= 4 is 21.8 Å². The number of nitrogens with zero attached hydrogens (tertiary/aromatic N) is 2. The van der Waals surface area contributed by atoms with Crippen LogP contribution in [0, 0.1) is 5.92 Å². The number of nitrogens with one attached hydrogen (secondary N) is 2. The maximum absolute atomic E-state index is 13.5. The van der Waals surface area contributed by atoms with Crippen molar-refractivity contribution in [2.24, 2.45) is 5.92 Å². The van der Waals surface area contributed by atoms with Crippen molar-refractivity contribution in [2.75, 3.05) is 33.3 Å². The van der Waals surface area contributed by atoms with E-state index in [4.69, 9.17) is 4.74 Å². The number of rotatable bonds is 7. The Balaban J connectivity index is 1.90.